The monoisotopic (exact) mass is 233 g/mol. The van der Waals surface area contributed by atoms with Crippen molar-refractivity contribution in [2.24, 2.45) is 11.8 Å². The maximum Gasteiger partial charge on any atom is 0.257 e. The zero-order valence-corrected chi connectivity index (χ0v) is 10.4. The summed E-state index contributed by atoms with van der Waals surface area (Å²) >= 11 is 0. The van der Waals surface area contributed by atoms with Gasteiger partial charge < -0.3 is 10.0 Å². The van der Waals surface area contributed by atoms with Gasteiger partial charge in [-0.2, -0.15) is 0 Å². The Balaban J connectivity index is 2.14. The lowest BCUT2D eigenvalue weighted by Crippen LogP contribution is -2.42. The molecule has 0 bridgehead atoms. The normalized spacial score (nSPS) is 24.7. The van der Waals surface area contributed by atoms with E-state index in [0.29, 0.717) is 17.4 Å². The van der Waals surface area contributed by atoms with Crippen molar-refractivity contribution in [2.45, 2.75) is 20.3 Å². The van der Waals surface area contributed by atoms with Crippen molar-refractivity contribution in [1.82, 2.24) is 4.90 Å². The van der Waals surface area contributed by atoms with Gasteiger partial charge in [0.15, 0.2) is 0 Å². The molecule has 1 aromatic rings. The standard InChI is InChI=1S/C14H19NO2/c1-10-7-8-15(9-11(10)2)14(17)12-5-3-4-6-13(12)16/h3-6,10-11,16H,7-9H2,1-2H3. The van der Waals surface area contributed by atoms with Crippen molar-refractivity contribution < 1.29 is 9.90 Å². The van der Waals surface area contributed by atoms with E-state index in [9.17, 15) is 9.90 Å². The van der Waals surface area contributed by atoms with Crippen LogP contribution in [0.1, 0.15) is 30.6 Å². The van der Waals surface area contributed by atoms with Gasteiger partial charge in [0, 0.05) is 13.1 Å². The molecule has 0 aromatic heterocycles. The number of hydrogen-bond donors (Lipinski definition) is 1. The van der Waals surface area contributed by atoms with E-state index in [1.807, 2.05) is 4.90 Å². The molecule has 1 saturated heterocycles. The van der Waals surface area contributed by atoms with E-state index in [-0.39, 0.29) is 11.7 Å². The fraction of sp³-hybridized carbons (Fsp3) is 0.500. The van der Waals surface area contributed by atoms with Crippen LogP contribution in [0.25, 0.3) is 0 Å². The molecule has 1 aliphatic rings. The van der Waals surface area contributed by atoms with Gasteiger partial charge in [-0.25, -0.2) is 0 Å². The zero-order valence-electron chi connectivity index (χ0n) is 10.4. The Morgan fingerprint density at radius 3 is 2.65 bits per heavy atom. The van der Waals surface area contributed by atoms with E-state index >= 15 is 0 Å². The minimum absolute atomic E-state index is 0.0538. The predicted octanol–water partition coefficient (Wildman–Crippen LogP) is 2.51. The van der Waals surface area contributed by atoms with Crippen LogP contribution in [0, 0.1) is 11.8 Å². The van der Waals surface area contributed by atoms with Gasteiger partial charge in [-0.1, -0.05) is 26.0 Å². The highest BCUT2D eigenvalue weighted by molar-refractivity contribution is 5.96. The summed E-state index contributed by atoms with van der Waals surface area (Å²) in [7, 11) is 0. The van der Waals surface area contributed by atoms with E-state index in [1.165, 1.54) is 0 Å². The third-order valence-electron chi connectivity index (χ3n) is 3.76. The SMILES string of the molecule is CC1CCN(C(=O)c2ccccc2O)CC1C. The Bertz CT molecular complexity index is 416. The molecule has 1 aliphatic heterocycles. The highest BCUT2D eigenvalue weighted by Gasteiger charge is 2.27. The minimum Gasteiger partial charge on any atom is -0.507 e. The fourth-order valence-electron chi connectivity index (χ4n) is 2.27. The van der Waals surface area contributed by atoms with Gasteiger partial charge in [-0.3, -0.25) is 4.79 Å². The largest absolute Gasteiger partial charge is 0.507 e. The van der Waals surface area contributed by atoms with Crippen LogP contribution >= 0.6 is 0 Å². The first-order chi connectivity index (χ1) is 8.09. The molecule has 0 saturated carbocycles. The van der Waals surface area contributed by atoms with Crippen LogP contribution in [0.15, 0.2) is 24.3 Å². The summed E-state index contributed by atoms with van der Waals surface area (Å²) < 4.78 is 0. The van der Waals surface area contributed by atoms with Crippen molar-refractivity contribution in [3.8, 4) is 5.75 Å². The lowest BCUT2D eigenvalue weighted by atomic mass is 9.88. The molecule has 1 fully saturated rings. The number of aromatic hydroxyl groups is 1. The summed E-state index contributed by atoms with van der Waals surface area (Å²) in [6.45, 7) is 5.98. The zero-order chi connectivity index (χ0) is 12.4. The van der Waals surface area contributed by atoms with Crippen molar-refractivity contribution in [2.75, 3.05) is 13.1 Å². The summed E-state index contributed by atoms with van der Waals surface area (Å²) in [5.74, 6) is 1.22. The van der Waals surface area contributed by atoms with Gasteiger partial charge in [0.25, 0.3) is 5.91 Å². The second-order valence-electron chi connectivity index (χ2n) is 5.01. The molecule has 2 atom stereocenters. The summed E-state index contributed by atoms with van der Waals surface area (Å²) in [6, 6.07) is 6.75. The number of phenols is 1. The predicted molar refractivity (Wildman–Crippen MR) is 67.0 cm³/mol. The first-order valence-electron chi connectivity index (χ1n) is 6.17. The molecule has 0 aliphatic carbocycles. The van der Waals surface area contributed by atoms with Crippen LogP contribution in [0.3, 0.4) is 0 Å². The van der Waals surface area contributed by atoms with E-state index in [1.54, 1.807) is 24.3 Å². The molecule has 1 aromatic carbocycles. The molecule has 1 heterocycles. The van der Waals surface area contributed by atoms with Crippen LogP contribution in [-0.4, -0.2) is 29.0 Å². The molecular formula is C14H19NO2. The Kier molecular flexibility index (Phi) is 3.36. The second kappa shape index (κ2) is 4.78. The molecule has 1 amide bonds. The third-order valence-corrected chi connectivity index (χ3v) is 3.76. The average molecular weight is 233 g/mol. The molecule has 2 unspecified atom stereocenters. The summed E-state index contributed by atoms with van der Waals surface area (Å²) in [5.41, 5.74) is 0.411. The van der Waals surface area contributed by atoms with Crippen molar-refractivity contribution in [1.29, 1.82) is 0 Å². The van der Waals surface area contributed by atoms with E-state index in [2.05, 4.69) is 13.8 Å². The Morgan fingerprint density at radius 1 is 1.29 bits per heavy atom. The fourth-order valence-corrected chi connectivity index (χ4v) is 2.27. The molecule has 2 rings (SSSR count). The molecule has 1 N–H and O–H groups in total. The summed E-state index contributed by atoms with van der Waals surface area (Å²) in [5, 5.41) is 9.68. The lowest BCUT2D eigenvalue weighted by molar-refractivity contribution is 0.0624. The molecule has 3 nitrogen and oxygen atoms in total. The van der Waals surface area contributed by atoms with Gasteiger partial charge in [0.2, 0.25) is 0 Å². The Morgan fingerprint density at radius 2 is 2.00 bits per heavy atom. The Labute approximate surface area is 102 Å². The highest BCUT2D eigenvalue weighted by Crippen LogP contribution is 2.25. The van der Waals surface area contributed by atoms with Crippen molar-refractivity contribution >= 4 is 5.91 Å². The first-order valence-corrected chi connectivity index (χ1v) is 6.17. The van der Waals surface area contributed by atoms with Crippen LogP contribution in [0.5, 0.6) is 5.75 Å². The van der Waals surface area contributed by atoms with Crippen LogP contribution in [-0.2, 0) is 0 Å². The number of hydrogen-bond acceptors (Lipinski definition) is 2. The number of benzene rings is 1. The summed E-state index contributed by atoms with van der Waals surface area (Å²) in [4.78, 5) is 14.1. The number of likely N-dealkylation sites (tertiary alicyclic amines) is 1. The highest BCUT2D eigenvalue weighted by atomic mass is 16.3. The molecule has 0 spiro atoms. The quantitative estimate of drug-likeness (QED) is 0.809. The minimum atomic E-state index is -0.0538. The van der Waals surface area contributed by atoms with Gasteiger partial charge in [-0.15, -0.1) is 0 Å². The second-order valence-corrected chi connectivity index (χ2v) is 5.01. The Hall–Kier alpha value is -1.51. The van der Waals surface area contributed by atoms with Gasteiger partial charge in [0.05, 0.1) is 5.56 Å². The molecular weight excluding hydrogens is 214 g/mol. The number of amides is 1. The number of carbonyl (C=O) groups excluding carboxylic acids is 1. The maximum atomic E-state index is 12.2. The van der Waals surface area contributed by atoms with Gasteiger partial charge in [0.1, 0.15) is 5.75 Å². The van der Waals surface area contributed by atoms with Gasteiger partial charge >= 0.3 is 0 Å². The number of para-hydroxylation sites is 1. The number of nitrogens with zero attached hydrogens (tertiary/aromatic N) is 1. The molecule has 0 radical (unpaired) electrons. The lowest BCUT2D eigenvalue weighted by Gasteiger charge is -2.35. The molecule has 17 heavy (non-hydrogen) atoms. The van der Waals surface area contributed by atoms with E-state index < -0.39 is 0 Å². The van der Waals surface area contributed by atoms with Crippen LogP contribution in [0.4, 0.5) is 0 Å². The van der Waals surface area contributed by atoms with E-state index in [4.69, 9.17) is 0 Å². The number of phenolic OH excluding ortho intramolecular Hbond substituents is 1. The van der Waals surface area contributed by atoms with Crippen molar-refractivity contribution in [3.05, 3.63) is 29.8 Å². The average Bonchev–Trinajstić information content (AvgIpc) is 2.32. The summed E-state index contributed by atoms with van der Waals surface area (Å²) in [6.07, 6.45) is 1.04. The smallest absolute Gasteiger partial charge is 0.257 e. The number of rotatable bonds is 1. The van der Waals surface area contributed by atoms with Crippen molar-refractivity contribution in [3.63, 3.8) is 0 Å². The number of piperidine rings is 1. The van der Waals surface area contributed by atoms with E-state index in [0.717, 1.165) is 19.5 Å². The third kappa shape index (κ3) is 2.43. The van der Waals surface area contributed by atoms with Crippen LogP contribution < -0.4 is 0 Å². The molecule has 92 valence electrons. The number of carbonyl (C=O) groups is 1. The molecule has 3 heteroatoms. The van der Waals surface area contributed by atoms with Crippen LogP contribution in [0.2, 0.25) is 0 Å². The first kappa shape index (κ1) is 12.0. The topological polar surface area (TPSA) is 40.5 Å². The maximum absolute atomic E-state index is 12.2. The van der Waals surface area contributed by atoms with Gasteiger partial charge in [-0.05, 0) is 30.4 Å².